The zero-order chi connectivity index (χ0) is 11.5. The molecule has 0 bridgehead atoms. The number of nitrogens with zero attached hydrogens (tertiary/aromatic N) is 2. The van der Waals surface area contributed by atoms with Crippen LogP contribution in [0.15, 0.2) is 18.2 Å². The highest BCUT2D eigenvalue weighted by atomic mass is 19.1. The number of hydrogen-bond acceptors (Lipinski definition) is 3. The Labute approximate surface area is 94.5 Å². The zero-order valence-electron chi connectivity index (χ0n) is 9.32. The van der Waals surface area contributed by atoms with E-state index >= 15 is 0 Å². The molecule has 16 heavy (non-hydrogen) atoms. The van der Waals surface area contributed by atoms with Gasteiger partial charge < -0.3 is 9.80 Å². The van der Waals surface area contributed by atoms with Crippen LogP contribution in [0, 0.1) is 5.82 Å². The number of carbonyl (C=O) groups excluding carboxylic acids is 1. The molecule has 4 heteroatoms. The zero-order valence-corrected chi connectivity index (χ0v) is 9.32. The van der Waals surface area contributed by atoms with Crippen molar-refractivity contribution >= 4 is 12.0 Å². The molecule has 0 radical (unpaired) electrons. The number of piperazine rings is 1. The molecule has 3 nitrogen and oxygen atoms in total. The Morgan fingerprint density at radius 1 is 1.25 bits per heavy atom. The van der Waals surface area contributed by atoms with E-state index in [4.69, 9.17) is 0 Å². The average Bonchev–Trinajstić information content (AvgIpc) is 2.30. The standard InChI is InChI=1S/C12H15FN2O/c1-14-4-6-15(7-5-14)11-3-2-10(9-16)12(13)8-11/h2-3,8-9H,4-7H2,1H3. The van der Waals surface area contributed by atoms with E-state index in [-0.39, 0.29) is 5.56 Å². The third kappa shape index (κ3) is 2.22. The van der Waals surface area contributed by atoms with Crippen molar-refractivity contribution in [1.82, 2.24) is 4.90 Å². The SMILES string of the molecule is CN1CCN(c2ccc(C=O)c(F)c2)CC1. The molecule has 1 heterocycles. The lowest BCUT2D eigenvalue weighted by atomic mass is 10.2. The van der Waals surface area contributed by atoms with Gasteiger partial charge in [0.2, 0.25) is 0 Å². The highest BCUT2D eigenvalue weighted by Gasteiger charge is 2.15. The molecule has 0 aromatic heterocycles. The Morgan fingerprint density at radius 3 is 2.50 bits per heavy atom. The number of rotatable bonds is 2. The first-order valence-electron chi connectivity index (χ1n) is 5.39. The molecule has 1 fully saturated rings. The van der Waals surface area contributed by atoms with Crippen molar-refractivity contribution < 1.29 is 9.18 Å². The third-order valence-corrected chi connectivity index (χ3v) is 2.98. The minimum Gasteiger partial charge on any atom is -0.369 e. The molecule has 0 saturated carbocycles. The van der Waals surface area contributed by atoms with Crippen molar-refractivity contribution in [3.63, 3.8) is 0 Å². The van der Waals surface area contributed by atoms with E-state index in [1.807, 2.05) is 0 Å². The normalized spacial score (nSPS) is 17.5. The Hall–Kier alpha value is -1.42. The van der Waals surface area contributed by atoms with Gasteiger partial charge in [0.1, 0.15) is 5.82 Å². The van der Waals surface area contributed by atoms with Crippen LogP contribution in [0.1, 0.15) is 10.4 Å². The summed E-state index contributed by atoms with van der Waals surface area (Å²) in [7, 11) is 2.08. The van der Waals surface area contributed by atoms with Crippen molar-refractivity contribution in [2.24, 2.45) is 0 Å². The molecule has 0 amide bonds. The number of likely N-dealkylation sites (N-methyl/N-ethyl adjacent to an activating group) is 1. The number of carbonyl (C=O) groups is 1. The number of aldehydes is 1. The Bertz CT molecular complexity index is 387. The van der Waals surface area contributed by atoms with Gasteiger partial charge in [-0.15, -0.1) is 0 Å². The first-order chi connectivity index (χ1) is 7.70. The third-order valence-electron chi connectivity index (χ3n) is 2.98. The van der Waals surface area contributed by atoms with E-state index in [0.29, 0.717) is 6.29 Å². The lowest BCUT2D eigenvalue weighted by molar-refractivity contribution is 0.112. The molecule has 2 rings (SSSR count). The first kappa shape index (κ1) is 11.1. The Kier molecular flexibility index (Phi) is 3.19. The van der Waals surface area contributed by atoms with Crippen molar-refractivity contribution in [3.8, 4) is 0 Å². The minimum absolute atomic E-state index is 0.123. The van der Waals surface area contributed by atoms with Crippen LogP contribution in [-0.2, 0) is 0 Å². The minimum atomic E-state index is -0.438. The molecule has 0 atom stereocenters. The van der Waals surface area contributed by atoms with Crippen LogP contribution < -0.4 is 4.90 Å². The summed E-state index contributed by atoms with van der Waals surface area (Å²) in [6.45, 7) is 3.76. The number of anilines is 1. The van der Waals surface area contributed by atoms with E-state index in [0.717, 1.165) is 31.9 Å². The quantitative estimate of drug-likeness (QED) is 0.706. The van der Waals surface area contributed by atoms with E-state index in [9.17, 15) is 9.18 Å². The van der Waals surface area contributed by atoms with Gasteiger partial charge in [0.05, 0.1) is 5.56 Å². The van der Waals surface area contributed by atoms with Crippen LogP contribution in [-0.4, -0.2) is 44.4 Å². The van der Waals surface area contributed by atoms with Crippen molar-refractivity contribution in [1.29, 1.82) is 0 Å². The van der Waals surface area contributed by atoms with E-state index in [1.165, 1.54) is 12.1 Å². The number of benzene rings is 1. The maximum atomic E-state index is 13.4. The van der Waals surface area contributed by atoms with Crippen molar-refractivity contribution in [2.75, 3.05) is 38.1 Å². The molecule has 1 aliphatic rings. The second kappa shape index (κ2) is 4.61. The molecule has 1 aromatic rings. The van der Waals surface area contributed by atoms with Gasteiger partial charge in [0, 0.05) is 31.9 Å². The molecule has 0 aliphatic carbocycles. The van der Waals surface area contributed by atoms with Gasteiger partial charge in [-0.05, 0) is 25.2 Å². The van der Waals surface area contributed by atoms with Gasteiger partial charge >= 0.3 is 0 Å². The molecule has 1 saturated heterocycles. The van der Waals surface area contributed by atoms with Crippen molar-refractivity contribution in [3.05, 3.63) is 29.6 Å². The van der Waals surface area contributed by atoms with Crippen LogP contribution in [0.4, 0.5) is 10.1 Å². The second-order valence-corrected chi connectivity index (χ2v) is 4.11. The number of halogens is 1. The van der Waals surface area contributed by atoms with Gasteiger partial charge in [-0.25, -0.2) is 4.39 Å². The molecule has 1 aromatic carbocycles. The Morgan fingerprint density at radius 2 is 1.94 bits per heavy atom. The monoisotopic (exact) mass is 222 g/mol. The van der Waals surface area contributed by atoms with Crippen LogP contribution in [0.25, 0.3) is 0 Å². The van der Waals surface area contributed by atoms with Crippen molar-refractivity contribution in [2.45, 2.75) is 0 Å². The van der Waals surface area contributed by atoms with E-state index < -0.39 is 5.82 Å². The van der Waals surface area contributed by atoms with Crippen LogP contribution in [0.5, 0.6) is 0 Å². The summed E-state index contributed by atoms with van der Waals surface area (Å²) < 4.78 is 13.4. The topological polar surface area (TPSA) is 23.6 Å². The summed E-state index contributed by atoms with van der Waals surface area (Å²) in [5.74, 6) is -0.438. The summed E-state index contributed by atoms with van der Waals surface area (Å²) in [4.78, 5) is 14.9. The molecule has 0 unspecified atom stereocenters. The lowest BCUT2D eigenvalue weighted by Crippen LogP contribution is -2.44. The fourth-order valence-electron chi connectivity index (χ4n) is 1.87. The van der Waals surface area contributed by atoms with Gasteiger partial charge in [0.15, 0.2) is 6.29 Å². The second-order valence-electron chi connectivity index (χ2n) is 4.11. The summed E-state index contributed by atoms with van der Waals surface area (Å²) in [5.41, 5.74) is 0.981. The maximum Gasteiger partial charge on any atom is 0.152 e. The van der Waals surface area contributed by atoms with Gasteiger partial charge in [-0.3, -0.25) is 4.79 Å². The predicted molar refractivity (Wildman–Crippen MR) is 61.5 cm³/mol. The van der Waals surface area contributed by atoms with Gasteiger partial charge in [0.25, 0.3) is 0 Å². The largest absolute Gasteiger partial charge is 0.369 e. The maximum absolute atomic E-state index is 13.4. The fraction of sp³-hybridized carbons (Fsp3) is 0.417. The summed E-state index contributed by atoms with van der Waals surface area (Å²) >= 11 is 0. The lowest BCUT2D eigenvalue weighted by Gasteiger charge is -2.34. The molecular formula is C12H15FN2O. The summed E-state index contributed by atoms with van der Waals surface area (Å²) in [6.07, 6.45) is 0.545. The molecular weight excluding hydrogens is 207 g/mol. The first-order valence-corrected chi connectivity index (χ1v) is 5.39. The fourth-order valence-corrected chi connectivity index (χ4v) is 1.87. The van der Waals surface area contributed by atoms with E-state index in [2.05, 4.69) is 16.8 Å². The van der Waals surface area contributed by atoms with Crippen LogP contribution in [0.2, 0.25) is 0 Å². The summed E-state index contributed by atoms with van der Waals surface area (Å²) in [5, 5.41) is 0. The van der Waals surface area contributed by atoms with Crippen LogP contribution in [0.3, 0.4) is 0 Å². The molecule has 86 valence electrons. The van der Waals surface area contributed by atoms with E-state index in [1.54, 1.807) is 6.07 Å². The highest BCUT2D eigenvalue weighted by Crippen LogP contribution is 2.19. The van der Waals surface area contributed by atoms with Gasteiger partial charge in [-0.2, -0.15) is 0 Å². The molecule has 0 N–H and O–H groups in total. The molecule has 1 aliphatic heterocycles. The summed E-state index contributed by atoms with van der Waals surface area (Å²) in [6, 6.07) is 4.78. The smallest absolute Gasteiger partial charge is 0.152 e. The van der Waals surface area contributed by atoms with Gasteiger partial charge in [-0.1, -0.05) is 0 Å². The average molecular weight is 222 g/mol. The number of hydrogen-bond donors (Lipinski definition) is 0. The predicted octanol–water partition coefficient (Wildman–Crippen LogP) is 1.39. The highest BCUT2D eigenvalue weighted by molar-refractivity contribution is 5.76. The van der Waals surface area contributed by atoms with Crippen LogP contribution >= 0.6 is 0 Å². The molecule has 0 spiro atoms. The Balaban J connectivity index is 2.15.